The van der Waals surface area contributed by atoms with Crippen molar-refractivity contribution < 1.29 is 4.79 Å². The zero-order chi connectivity index (χ0) is 13.6. The van der Waals surface area contributed by atoms with Crippen LogP contribution in [0.5, 0.6) is 0 Å². The quantitative estimate of drug-likeness (QED) is 0.676. The number of carbonyl (C=O) groups is 1. The van der Waals surface area contributed by atoms with Crippen LogP contribution in [0.25, 0.3) is 0 Å². The lowest BCUT2D eigenvalue weighted by molar-refractivity contribution is -0.124. The molecule has 0 saturated carbocycles. The van der Waals surface area contributed by atoms with Gasteiger partial charge in [0.25, 0.3) is 0 Å². The largest absolute Gasteiger partial charge is 0.368 e. The summed E-state index contributed by atoms with van der Waals surface area (Å²) in [7, 11) is 3.91. The van der Waals surface area contributed by atoms with E-state index in [0.29, 0.717) is 12.1 Å². The summed E-state index contributed by atoms with van der Waals surface area (Å²) in [6, 6.07) is 0.892. The molecule has 0 fully saturated rings. The topological polar surface area (TPSA) is 58.4 Å². The van der Waals surface area contributed by atoms with E-state index in [1.165, 1.54) is 0 Å². The highest BCUT2D eigenvalue weighted by molar-refractivity contribution is 5.84. The molecule has 0 aromatic heterocycles. The van der Waals surface area contributed by atoms with Gasteiger partial charge < -0.3 is 16.0 Å². The van der Waals surface area contributed by atoms with Gasteiger partial charge in [0.2, 0.25) is 5.91 Å². The van der Waals surface area contributed by atoms with E-state index in [1.807, 2.05) is 6.92 Å². The van der Waals surface area contributed by atoms with Crippen molar-refractivity contribution in [2.45, 2.75) is 64.6 Å². The van der Waals surface area contributed by atoms with E-state index in [-0.39, 0.29) is 5.91 Å². The van der Waals surface area contributed by atoms with Gasteiger partial charge in [-0.1, -0.05) is 13.8 Å². The van der Waals surface area contributed by atoms with E-state index in [9.17, 15) is 4.79 Å². The van der Waals surface area contributed by atoms with Crippen molar-refractivity contribution in [2.75, 3.05) is 14.1 Å². The molecule has 0 aliphatic rings. The molecule has 0 aliphatic carbocycles. The molecule has 3 N–H and O–H groups in total. The first kappa shape index (κ1) is 16.4. The summed E-state index contributed by atoms with van der Waals surface area (Å²) >= 11 is 0. The summed E-state index contributed by atoms with van der Waals surface area (Å²) in [5, 5.41) is 3.04. The highest BCUT2D eigenvalue weighted by atomic mass is 16.1. The molecule has 0 aromatic rings. The van der Waals surface area contributed by atoms with Gasteiger partial charge in [-0.15, -0.1) is 0 Å². The lowest BCUT2D eigenvalue weighted by atomic mass is 9.91. The number of hydrogen-bond donors (Lipinski definition) is 2. The minimum Gasteiger partial charge on any atom is -0.368 e. The second-order valence-corrected chi connectivity index (χ2v) is 5.14. The minimum absolute atomic E-state index is 0.287. The highest BCUT2D eigenvalue weighted by Gasteiger charge is 2.32. The average molecular weight is 243 g/mol. The molecular weight excluding hydrogens is 214 g/mol. The summed E-state index contributed by atoms with van der Waals surface area (Å²) in [5.74, 6) is -0.287. The molecular formula is C13H29N3O. The molecule has 4 nitrogen and oxygen atoms in total. The van der Waals surface area contributed by atoms with Crippen LogP contribution >= 0.6 is 0 Å². The summed E-state index contributed by atoms with van der Waals surface area (Å²) < 4.78 is 0. The summed E-state index contributed by atoms with van der Waals surface area (Å²) in [5.41, 5.74) is 4.83. The molecule has 0 radical (unpaired) electrons. The van der Waals surface area contributed by atoms with Crippen LogP contribution in [0.4, 0.5) is 0 Å². The third kappa shape index (κ3) is 4.28. The molecule has 17 heavy (non-hydrogen) atoms. The van der Waals surface area contributed by atoms with Gasteiger partial charge in [-0.05, 0) is 47.2 Å². The van der Waals surface area contributed by atoms with Crippen molar-refractivity contribution in [3.05, 3.63) is 0 Å². The Bertz CT molecular complexity index is 241. The summed E-state index contributed by atoms with van der Waals surface area (Å²) in [6.45, 7) is 8.41. The van der Waals surface area contributed by atoms with E-state index in [2.05, 4.69) is 38.0 Å². The molecule has 0 saturated heterocycles. The van der Waals surface area contributed by atoms with Crippen LogP contribution in [0, 0.1) is 0 Å². The predicted molar refractivity (Wildman–Crippen MR) is 72.9 cm³/mol. The number of nitrogens with one attached hydrogen (secondary N) is 1. The second kappa shape index (κ2) is 6.97. The molecule has 0 rings (SSSR count). The van der Waals surface area contributed by atoms with Crippen LogP contribution in [-0.4, -0.2) is 42.5 Å². The van der Waals surface area contributed by atoms with Crippen LogP contribution in [0.1, 0.15) is 47.0 Å². The zero-order valence-electron chi connectivity index (χ0n) is 12.2. The third-order valence-electron chi connectivity index (χ3n) is 4.01. The van der Waals surface area contributed by atoms with Crippen molar-refractivity contribution in [3.8, 4) is 0 Å². The first-order valence-electron chi connectivity index (χ1n) is 6.53. The molecule has 0 bridgehead atoms. The molecule has 2 unspecified atom stereocenters. The first-order chi connectivity index (χ1) is 7.82. The summed E-state index contributed by atoms with van der Waals surface area (Å²) in [6.07, 6.45) is 2.99. The summed E-state index contributed by atoms with van der Waals surface area (Å²) in [4.78, 5) is 13.8. The van der Waals surface area contributed by atoms with Gasteiger partial charge in [-0.25, -0.2) is 0 Å². The number of rotatable bonds is 8. The van der Waals surface area contributed by atoms with Gasteiger partial charge in [-0.2, -0.15) is 0 Å². The van der Waals surface area contributed by atoms with Gasteiger partial charge in [0.15, 0.2) is 0 Å². The van der Waals surface area contributed by atoms with E-state index >= 15 is 0 Å². The van der Waals surface area contributed by atoms with E-state index in [1.54, 1.807) is 7.05 Å². The Labute approximate surface area is 106 Å². The fraction of sp³-hybridized carbons (Fsp3) is 0.923. The number of nitrogens with zero attached hydrogens (tertiary/aromatic N) is 1. The molecule has 4 heteroatoms. The van der Waals surface area contributed by atoms with Crippen LogP contribution in [-0.2, 0) is 4.79 Å². The average Bonchev–Trinajstić information content (AvgIpc) is 2.29. The molecule has 0 aliphatic heterocycles. The number of nitrogens with two attached hydrogens (primary N) is 1. The standard InChI is InChI=1S/C13H29N3O/c1-7-11(8-2)16(6)10(3)9-13(4,15-5)12(14)17/h10-11,15H,7-9H2,1-6H3,(H2,14,17). The number of hydrogen-bond acceptors (Lipinski definition) is 3. The Kier molecular flexibility index (Phi) is 6.72. The Morgan fingerprint density at radius 3 is 2.18 bits per heavy atom. The van der Waals surface area contributed by atoms with Gasteiger partial charge >= 0.3 is 0 Å². The second-order valence-electron chi connectivity index (χ2n) is 5.14. The number of likely N-dealkylation sites (N-methyl/N-ethyl adjacent to an activating group) is 1. The molecule has 2 atom stereocenters. The Hall–Kier alpha value is -0.610. The minimum atomic E-state index is -0.625. The predicted octanol–water partition coefficient (Wildman–Crippen LogP) is 1.35. The van der Waals surface area contributed by atoms with E-state index < -0.39 is 5.54 Å². The normalized spacial score (nSPS) is 17.2. The van der Waals surface area contributed by atoms with E-state index in [4.69, 9.17) is 5.73 Å². The number of carbonyl (C=O) groups excluding carboxylic acids is 1. The lowest BCUT2D eigenvalue weighted by Gasteiger charge is -2.37. The zero-order valence-corrected chi connectivity index (χ0v) is 12.2. The maximum Gasteiger partial charge on any atom is 0.237 e. The highest BCUT2D eigenvalue weighted by Crippen LogP contribution is 2.18. The van der Waals surface area contributed by atoms with E-state index in [0.717, 1.165) is 19.3 Å². The molecule has 0 heterocycles. The van der Waals surface area contributed by atoms with Crippen LogP contribution in [0.15, 0.2) is 0 Å². The van der Waals surface area contributed by atoms with Crippen molar-refractivity contribution in [3.63, 3.8) is 0 Å². The maximum atomic E-state index is 11.5. The van der Waals surface area contributed by atoms with Crippen molar-refractivity contribution in [1.29, 1.82) is 0 Å². The van der Waals surface area contributed by atoms with Crippen LogP contribution in [0.3, 0.4) is 0 Å². The number of amides is 1. The SMILES string of the molecule is CCC(CC)N(C)C(C)CC(C)(NC)C(N)=O. The van der Waals surface area contributed by atoms with Gasteiger partial charge in [-0.3, -0.25) is 4.79 Å². The van der Waals surface area contributed by atoms with Gasteiger partial charge in [0.1, 0.15) is 0 Å². The van der Waals surface area contributed by atoms with Gasteiger partial charge in [0, 0.05) is 12.1 Å². The Balaban J connectivity index is 4.61. The van der Waals surface area contributed by atoms with Gasteiger partial charge in [0.05, 0.1) is 5.54 Å². The maximum absolute atomic E-state index is 11.5. The smallest absolute Gasteiger partial charge is 0.237 e. The molecule has 102 valence electrons. The van der Waals surface area contributed by atoms with Crippen LogP contribution < -0.4 is 11.1 Å². The van der Waals surface area contributed by atoms with Crippen molar-refractivity contribution in [2.24, 2.45) is 5.73 Å². The first-order valence-corrected chi connectivity index (χ1v) is 6.53. The monoisotopic (exact) mass is 243 g/mol. The Morgan fingerprint density at radius 2 is 1.88 bits per heavy atom. The molecule has 0 spiro atoms. The third-order valence-corrected chi connectivity index (χ3v) is 4.01. The lowest BCUT2D eigenvalue weighted by Crippen LogP contribution is -2.55. The Morgan fingerprint density at radius 1 is 1.41 bits per heavy atom. The molecule has 0 aromatic carbocycles. The van der Waals surface area contributed by atoms with Crippen molar-refractivity contribution >= 4 is 5.91 Å². The van der Waals surface area contributed by atoms with Crippen LogP contribution in [0.2, 0.25) is 0 Å². The molecule has 1 amide bonds. The number of primary amides is 1. The fourth-order valence-electron chi connectivity index (χ4n) is 2.29. The fourth-order valence-corrected chi connectivity index (χ4v) is 2.29. The van der Waals surface area contributed by atoms with Crippen molar-refractivity contribution in [1.82, 2.24) is 10.2 Å².